The Morgan fingerprint density at radius 1 is 0.781 bits per heavy atom. The first-order valence-corrected chi connectivity index (χ1v) is 10.7. The molecule has 1 aliphatic carbocycles. The van der Waals surface area contributed by atoms with Crippen molar-refractivity contribution in [1.82, 2.24) is 0 Å². The highest BCUT2D eigenvalue weighted by atomic mass is 19.2. The smallest absolute Gasteiger partial charge is 0.164 e. The van der Waals surface area contributed by atoms with Crippen molar-refractivity contribution in [2.45, 2.75) is 45.0 Å². The van der Waals surface area contributed by atoms with Crippen molar-refractivity contribution in [1.29, 1.82) is 0 Å². The van der Waals surface area contributed by atoms with Crippen LogP contribution in [0.15, 0.2) is 55.1 Å². The molecule has 32 heavy (non-hydrogen) atoms. The number of benzene rings is 3. The first kappa shape index (κ1) is 22.3. The maximum atomic E-state index is 15.5. The van der Waals surface area contributed by atoms with Crippen LogP contribution in [0, 0.1) is 17.5 Å². The average molecular weight is 442 g/mol. The highest BCUT2D eigenvalue weighted by molar-refractivity contribution is 5.79. The fourth-order valence-corrected chi connectivity index (χ4v) is 4.39. The third kappa shape index (κ3) is 3.64. The second kappa shape index (κ2) is 8.89. The van der Waals surface area contributed by atoms with Crippen LogP contribution in [0.4, 0.5) is 22.0 Å². The summed E-state index contributed by atoms with van der Waals surface area (Å²) in [6, 6.07) is 10.2. The van der Waals surface area contributed by atoms with Crippen LogP contribution >= 0.6 is 0 Å². The van der Waals surface area contributed by atoms with Crippen LogP contribution in [-0.2, 0) is 12.8 Å². The zero-order valence-electron chi connectivity index (χ0n) is 17.7. The number of fused-ring (bicyclic) bond motifs is 3. The molecule has 0 N–H and O–H groups in total. The number of hydrogen-bond donors (Lipinski definition) is 0. The first-order chi connectivity index (χ1) is 15.4. The highest BCUT2D eigenvalue weighted by Gasteiger charge is 2.39. The van der Waals surface area contributed by atoms with Gasteiger partial charge in [0.15, 0.2) is 12.3 Å². The lowest BCUT2D eigenvalue weighted by atomic mass is 9.80. The third-order valence-corrected chi connectivity index (χ3v) is 6.04. The van der Waals surface area contributed by atoms with Crippen LogP contribution in [0.25, 0.3) is 22.3 Å². The molecule has 0 aliphatic heterocycles. The van der Waals surface area contributed by atoms with E-state index in [9.17, 15) is 8.78 Å². The van der Waals surface area contributed by atoms with E-state index >= 15 is 13.2 Å². The van der Waals surface area contributed by atoms with E-state index in [2.05, 4.69) is 6.58 Å². The normalized spacial score (nSPS) is 17.1. The van der Waals surface area contributed by atoms with E-state index in [1.54, 1.807) is 18.2 Å². The van der Waals surface area contributed by atoms with Gasteiger partial charge in [0.25, 0.3) is 0 Å². The van der Waals surface area contributed by atoms with Crippen molar-refractivity contribution in [3.8, 4) is 22.3 Å². The van der Waals surface area contributed by atoms with Gasteiger partial charge in [0.2, 0.25) is 0 Å². The minimum absolute atomic E-state index is 0.0284. The van der Waals surface area contributed by atoms with Crippen LogP contribution in [0.1, 0.15) is 54.4 Å². The van der Waals surface area contributed by atoms with E-state index in [4.69, 9.17) is 0 Å². The van der Waals surface area contributed by atoms with E-state index in [1.807, 2.05) is 6.92 Å². The van der Waals surface area contributed by atoms with Gasteiger partial charge in [-0.05, 0) is 53.1 Å². The molecule has 0 nitrogen and oxygen atoms in total. The average Bonchev–Trinajstić information content (AvgIpc) is 2.78. The van der Waals surface area contributed by atoms with Gasteiger partial charge in [-0.15, -0.1) is 6.58 Å². The minimum atomic E-state index is -2.36. The Kier molecular flexibility index (Phi) is 6.18. The molecule has 1 aliphatic rings. The summed E-state index contributed by atoms with van der Waals surface area (Å²) in [4.78, 5) is 0. The van der Waals surface area contributed by atoms with Crippen molar-refractivity contribution < 1.29 is 22.0 Å². The molecule has 0 fully saturated rings. The number of aryl methyl sites for hydroxylation is 2. The lowest BCUT2D eigenvalue weighted by Crippen LogP contribution is -2.16. The summed E-state index contributed by atoms with van der Waals surface area (Å²) in [5, 5.41) is 0. The van der Waals surface area contributed by atoms with Gasteiger partial charge < -0.3 is 0 Å². The first-order valence-electron chi connectivity index (χ1n) is 10.7. The molecule has 0 saturated carbocycles. The van der Waals surface area contributed by atoms with Gasteiger partial charge in [-0.1, -0.05) is 55.8 Å². The Bertz CT molecular complexity index is 1180. The summed E-state index contributed by atoms with van der Waals surface area (Å²) in [5.41, 5.74) is 0.423. The van der Waals surface area contributed by atoms with E-state index in [0.29, 0.717) is 36.8 Å². The molecule has 0 amide bonds. The van der Waals surface area contributed by atoms with Crippen LogP contribution in [0.5, 0.6) is 0 Å². The van der Waals surface area contributed by atoms with Gasteiger partial charge in [0.1, 0.15) is 17.5 Å². The molecule has 2 atom stereocenters. The molecule has 5 heteroatoms. The molecule has 0 saturated heterocycles. The zero-order valence-corrected chi connectivity index (χ0v) is 17.7. The standard InChI is InChI=1S/C27H23F5/c1-3-5-7-15-8-9-17(14-21(15)28)18-12-13-20-19-11-10-16(6-4-2)24(29)22(19)26(31)27(32)23(20)25(18)30/h3,8-14,26-27H,1,4-7H2,2H3. The highest BCUT2D eigenvalue weighted by Crippen LogP contribution is 2.51. The maximum absolute atomic E-state index is 15.5. The summed E-state index contributed by atoms with van der Waals surface area (Å²) in [6.45, 7) is 5.48. The molecule has 166 valence electrons. The van der Waals surface area contributed by atoms with Crippen LogP contribution in [-0.4, -0.2) is 0 Å². The molecule has 0 spiro atoms. The van der Waals surface area contributed by atoms with Crippen molar-refractivity contribution >= 4 is 0 Å². The Hall–Kier alpha value is -2.95. The monoisotopic (exact) mass is 442 g/mol. The second-order valence-electron chi connectivity index (χ2n) is 8.08. The van der Waals surface area contributed by atoms with Gasteiger partial charge in [0.05, 0.1) is 0 Å². The molecular formula is C27H23F5. The topological polar surface area (TPSA) is 0 Å². The fourth-order valence-electron chi connectivity index (χ4n) is 4.39. The number of allylic oxidation sites excluding steroid dienone is 1. The van der Waals surface area contributed by atoms with Crippen molar-refractivity contribution in [2.75, 3.05) is 0 Å². The lowest BCUT2D eigenvalue weighted by Gasteiger charge is -2.28. The molecule has 2 unspecified atom stereocenters. The lowest BCUT2D eigenvalue weighted by molar-refractivity contribution is 0.160. The van der Waals surface area contributed by atoms with E-state index in [0.717, 1.165) is 0 Å². The molecule has 3 aromatic carbocycles. The fraction of sp³-hybridized carbons (Fsp3) is 0.259. The van der Waals surface area contributed by atoms with Gasteiger partial charge in [0, 0.05) is 16.7 Å². The Morgan fingerprint density at radius 2 is 1.38 bits per heavy atom. The molecule has 0 radical (unpaired) electrons. The maximum Gasteiger partial charge on any atom is 0.164 e. The number of hydrogen-bond acceptors (Lipinski definition) is 0. The molecular weight excluding hydrogens is 419 g/mol. The number of alkyl halides is 2. The summed E-state index contributed by atoms with van der Waals surface area (Å²) in [7, 11) is 0. The predicted octanol–water partition coefficient (Wildman–Crippen LogP) is 8.54. The van der Waals surface area contributed by atoms with Gasteiger partial charge in [-0.2, -0.15) is 0 Å². The van der Waals surface area contributed by atoms with Crippen LogP contribution in [0.3, 0.4) is 0 Å². The van der Waals surface area contributed by atoms with Crippen LogP contribution in [0.2, 0.25) is 0 Å². The van der Waals surface area contributed by atoms with Crippen molar-refractivity contribution in [3.05, 3.63) is 94.8 Å². The summed E-state index contributed by atoms with van der Waals surface area (Å²) in [6.07, 6.45) is -0.892. The van der Waals surface area contributed by atoms with E-state index in [1.165, 1.54) is 30.3 Å². The summed E-state index contributed by atoms with van der Waals surface area (Å²) >= 11 is 0. The van der Waals surface area contributed by atoms with Gasteiger partial charge in [-0.25, -0.2) is 22.0 Å². The predicted molar refractivity (Wildman–Crippen MR) is 117 cm³/mol. The molecule has 3 aromatic rings. The largest absolute Gasteiger partial charge is 0.239 e. The van der Waals surface area contributed by atoms with Crippen molar-refractivity contribution in [3.63, 3.8) is 0 Å². The van der Waals surface area contributed by atoms with Gasteiger partial charge >= 0.3 is 0 Å². The quantitative estimate of drug-likeness (QED) is 0.265. The van der Waals surface area contributed by atoms with Crippen molar-refractivity contribution in [2.24, 2.45) is 0 Å². The molecule has 0 heterocycles. The van der Waals surface area contributed by atoms with Gasteiger partial charge in [-0.3, -0.25) is 0 Å². The van der Waals surface area contributed by atoms with E-state index in [-0.39, 0.29) is 27.8 Å². The third-order valence-electron chi connectivity index (χ3n) is 6.04. The zero-order chi connectivity index (χ0) is 23.0. The SMILES string of the molecule is C=CCCc1ccc(-c2ccc3c(c2F)C(F)C(F)c2c-3ccc(CCC)c2F)cc1F. The second-order valence-corrected chi connectivity index (χ2v) is 8.08. The Labute approximate surface area is 184 Å². The number of rotatable bonds is 6. The number of halogens is 5. The molecule has 0 bridgehead atoms. The summed E-state index contributed by atoms with van der Waals surface area (Å²) in [5.74, 6) is -2.23. The Balaban J connectivity index is 1.83. The molecule has 0 aromatic heterocycles. The minimum Gasteiger partial charge on any atom is -0.239 e. The molecule has 4 rings (SSSR count). The Morgan fingerprint density at radius 3 is 2.00 bits per heavy atom. The van der Waals surface area contributed by atoms with E-state index < -0.39 is 35.4 Å². The summed E-state index contributed by atoms with van der Waals surface area (Å²) < 4.78 is 75.0. The van der Waals surface area contributed by atoms with Crippen LogP contribution < -0.4 is 0 Å².